The molecule has 0 aliphatic carbocycles. The highest BCUT2D eigenvalue weighted by molar-refractivity contribution is 5.80. The molecule has 1 N–H and O–H groups in total. The van der Waals surface area contributed by atoms with Crippen molar-refractivity contribution < 1.29 is 9.53 Å². The van der Waals surface area contributed by atoms with Gasteiger partial charge in [-0.1, -0.05) is 24.3 Å². The molecule has 1 amide bonds. The Morgan fingerprint density at radius 2 is 2.07 bits per heavy atom. The number of anilines is 1. The van der Waals surface area contributed by atoms with Crippen LogP contribution in [0.5, 0.6) is 5.75 Å². The topological polar surface area (TPSA) is 67.3 Å². The first-order valence-corrected chi connectivity index (χ1v) is 9.60. The number of ether oxygens (including phenoxy) is 1. The van der Waals surface area contributed by atoms with Crippen molar-refractivity contribution >= 4 is 22.8 Å². The molecular weight excluding hydrogens is 352 g/mol. The van der Waals surface area contributed by atoms with E-state index in [4.69, 9.17) is 9.72 Å². The summed E-state index contributed by atoms with van der Waals surface area (Å²) in [6, 6.07) is 15.6. The summed E-state index contributed by atoms with van der Waals surface area (Å²) in [5.74, 6) is 1.67. The zero-order valence-electron chi connectivity index (χ0n) is 16.0. The fraction of sp³-hybridized carbons (Fsp3) is 0.318. The van der Waals surface area contributed by atoms with Gasteiger partial charge in [0.25, 0.3) is 0 Å². The third-order valence-electron chi connectivity index (χ3n) is 5.15. The number of hydrogen-bond donors (Lipinski definition) is 1. The second-order valence-corrected chi connectivity index (χ2v) is 7.07. The highest BCUT2D eigenvalue weighted by atomic mass is 16.5. The highest BCUT2D eigenvalue weighted by Crippen LogP contribution is 2.23. The molecule has 4 rings (SSSR count). The minimum atomic E-state index is -0.0485. The Labute approximate surface area is 164 Å². The number of fused-ring (bicyclic) bond motifs is 1. The number of carbonyl (C=O) groups excluding carboxylic acids is 1. The van der Waals surface area contributed by atoms with Crippen LogP contribution in [0, 0.1) is 5.92 Å². The number of nitrogens with zero attached hydrogens (tertiary/aromatic N) is 3. The Balaban J connectivity index is 1.40. The van der Waals surface area contributed by atoms with E-state index in [9.17, 15) is 4.79 Å². The van der Waals surface area contributed by atoms with Crippen LogP contribution in [0.15, 0.2) is 54.7 Å². The monoisotopic (exact) mass is 376 g/mol. The lowest BCUT2D eigenvalue weighted by molar-refractivity contribution is -0.125. The lowest BCUT2D eigenvalue weighted by atomic mass is 9.97. The summed E-state index contributed by atoms with van der Waals surface area (Å²) in [5.41, 5.74) is 2.79. The van der Waals surface area contributed by atoms with Gasteiger partial charge in [-0.15, -0.1) is 0 Å². The minimum Gasteiger partial charge on any atom is -0.497 e. The Morgan fingerprint density at radius 3 is 2.93 bits per heavy atom. The Kier molecular flexibility index (Phi) is 5.37. The fourth-order valence-corrected chi connectivity index (χ4v) is 3.61. The Bertz CT molecular complexity index is 975. The number of benzene rings is 2. The fourth-order valence-electron chi connectivity index (χ4n) is 3.61. The van der Waals surface area contributed by atoms with Crippen LogP contribution in [0.25, 0.3) is 11.0 Å². The number of carbonyl (C=O) groups is 1. The van der Waals surface area contributed by atoms with Gasteiger partial charge in [-0.3, -0.25) is 9.78 Å². The van der Waals surface area contributed by atoms with E-state index in [0.717, 1.165) is 47.6 Å². The molecule has 1 atom stereocenters. The van der Waals surface area contributed by atoms with Gasteiger partial charge in [-0.2, -0.15) is 0 Å². The first kappa shape index (κ1) is 18.2. The second-order valence-electron chi connectivity index (χ2n) is 7.07. The summed E-state index contributed by atoms with van der Waals surface area (Å²) in [7, 11) is 1.64. The van der Waals surface area contributed by atoms with Gasteiger partial charge in [0.15, 0.2) is 0 Å². The van der Waals surface area contributed by atoms with Gasteiger partial charge in [0.05, 0.1) is 30.3 Å². The summed E-state index contributed by atoms with van der Waals surface area (Å²) in [6.07, 6.45) is 3.66. The van der Waals surface area contributed by atoms with Crippen molar-refractivity contribution in [3.63, 3.8) is 0 Å². The van der Waals surface area contributed by atoms with Crippen LogP contribution in [-0.2, 0) is 11.3 Å². The molecule has 6 heteroatoms. The molecule has 1 aliphatic rings. The molecule has 1 aromatic heterocycles. The van der Waals surface area contributed by atoms with E-state index in [-0.39, 0.29) is 11.8 Å². The van der Waals surface area contributed by atoms with E-state index in [1.54, 1.807) is 13.3 Å². The normalized spacial score (nSPS) is 16.8. The number of rotatable bonds is 5. The van der Waals surface area contributed by atoms with E-state index < -0.39 is 0 Å². The zero-order chi connectivity index (χ0) is 19.3. The first-order valence-electron chi connectivity index (χ1n) is 9.60. The van der Waals surface area contributed by atoms with Crippen molar-refractivity contribution in [2.75, 3.05) is 25.1 Å². The molecule has 1 aliphatic heterocycles. The Morgan fingerprint density at radius 1 is 1.21 bits per heavy atom. The SMILES string of the molecule is COc1cccc(CNC(=O)[C@@H]2CCCN(c3cnc4ccccc4n3)C2)c1. The first-order chi connectivity index (χ1) is 13.7. The smallest absolute Gasteiger partial charge is 0.225 e. The number of methoxy groups -OCH3 is 1. The average Bonchev–Trinajstić information content (AvgIpc) is 2.77. The van der Waals surface area contributed by atoms with Crippen LogP contribution in [-0.4, -0.2) is 36.1 Å². The van der Waals surface area contributed by atoms with Crippen LogP contribution in [0.2, 0.25) is 0 Å². The van der Waals surface area contributed by atoms with Crippen molar-refractivity contribution in [1.29, 1.82) is 0 Å². The van der Waals surface area contributed by atoms with Gasteiger partial charge in [-0.05, 0) is 42.7 Å². The van der Waals surface area contributed by atoms with Crippen LogP contribution >= 0.6 is 0 Å². The van der Waals surface area contributed by atoms with Gasteiger partial charge < -0.3 is 15.0 Å². The number of piperidine rings is 1. The molecule has 1 saturated heterocycles. The van der Waals surface area contributed by atoms with Crippen LogP contribution in [0.3, 0.4) is 0 Å². The number of para-hydroxylation sites is 2. The highest BCUT2D eigenvalue weighted by Gasteiger charge is 2.26. The van der Waals surface area contributed by atoms with Gasteiger partial charge in [0.2, 0.25) is 5.91 Å². The molecule has 0 unspecified atom stereocenters. The van der Waals surface area contributed by atoms with Crippen molar-refractivity contribution in [2.45, 2.75) is 19.4 Å². The van der Waals surface area contributed by atoms with E-state index >= 15 is 0 Å². The lowest BCUT2D eigenvalue weighted by Crippen LogP contribution is -2.43. The third-order valence-corrected chi connectivity index (χ3v) is 5.15. The van der Waals surface area contributed by atoms with E-state index in [1.165, 1.54) is 0 Å². The van der Waals surface area contributed by atoms with E-state index in [0.29, 0.717) is 13.1 Å². The van der Waals surface area contributed by atoms with Crippen LogP contribution in [0.4, 0.5) is 5.82 Å². The molecule has 144 valence electrons. The standard InChI is InChI=1S/C22H24N4O2/c1-28-18-8-4-6-16(12-18)13-24-22(27)17-7-5-11-26(15-17)21-14-23-19-9-2-3-10-20(19)25-21/h2-4,6,8-10,12,14,17H,5,7,11,13,15H2,1H3,(H,24,27)/t17-/m1/s1. The minimum absolute atomic E-state index is 0.0485. The molecule has 6 nitrogen and oxygen atoms in total. The molecule has 0 radical (unpaired) electrons. The molecule has 0 saturated carbocycles. The van der Waals surface area contributed by atoms with E-state index in [1.807, 2.05) is 48.5 Å². The number of hydrogen-bond acceptors (Lipinski definition) is 5. The summed E-state index contributed by atoms with van der Waals surface area (Å²) in [4.78, 5) is 24.1. The number of amides is 1. The molecule has 0 spiro atoms. The average molecular weight is 376 g/mol. The number of nitrogens with one attached hydrogen (secondary N) is 1. The zero-order valence-corrected chi connectivity index (χ0v) is 16.0. The van der Waals surface area contributed by atoms with Crippen LogP contribution in [0.1, 0.15) is 18.4 Å². The molecule has 3 aromatic rings. The van der Waals surface area contributed by atoms with Gasteiger partial charge >= 0.3 is 0 Å². The van der Waals surface area contributed by atoms with Gasteiger partial charge in [-0.25, -0.2) is 4.98 Å². The summed E-state index contributed by atoms with van der Waals surface area (Å²) in [6.45, 7) is 2.06. The molecule has 2 aromatic carbocycles. The maximum atomic E-state index is 12.7. The lowest BCUT2D eigenvalue weighted by Gasteiger charge is -2.32. The number of aromatic nitrogens is 2. The van der Waals surface area contributed by atoms with Crippen molar-refractivity contribution in [3.05, 3.63) is 60.3 Å². The third kappa shape index (κ3) is 4.06. The second kappa shape index (κ2) is 8.25. The van der Waals surface area contributed by atoms with Gasteiger partial charge in [0, 0.05) is 19.6 Å². The predicted octanol–water partition coefficient (Wildman–Crippen LogP) is 3.17. The van der Waals surface area contributed by atoms with Crippen molar-refractivity contribution in [1.82, 2.24) is 15.3 Å². The maximum absolute atomic E-state index is 12.7. The van der Waals surface area contributed by atoms with E-state index in [2.05, 4.69) is 15.2 Å². The maximum Gasteiger partial charge on any atom is 0.225 e. The summed E-state index contributed by atoms with van der Waals surface area (Å²) in [5, 5.41) is 3.06. The largest absolute Gasteiger partial charge is 0.497 e. The van der Waals surface area contributed by atoms with Gasteiger partial charge in [0.1, 0.15) is 11.6 Å². The quantitative estimate of drug-likeness (QED) is 0.741. The van der Waals surface area contributed by atoms with Crippen LogP contribution < -0.4 is 15.0 Å². The predicted molar refractivity (Wildman–Crippen MR) is 109 cm³/mol. The summed E-state index contributed by atoms with van der Waals surface area (Å²) >= 11 is 0. The molecule has 2 heterocycles. The molecule has 28 heavy (non-hydrogen) atoms. The summed E-state index contributed by atoms with van der Waals surface area (Å²) < 4.78 is 5.24. The van der Waals surface area contributed by atoms with Crippen molar-refractivity contribution in [3.8, 4) is 5.75 Å². The molecule has 0 bridgehead atoms. The van der Waals surface area contributed by atoms with Crippen molar-refractivity contribution in [2.24, 2.45) is 5.92 Å². The Hall–Kier alpha value is -3.15. The molecular formula is C22H24N4O2. The molecule has 1 fully saturated rings.